The molecule has 180 valence electrons. The zero-order chi connectivity index (χ0) is 24.3. The first-order valence-corrected chi connectivity index (χ1v) is 11.6. The number of ether oxygens (including phenoxy) is 1. The molecule has 3 amide bonds. The van der Waals surface area contributed by atoms with Crippen LogP contribution in [0, 0.1) is 0 Å². The van der Waals surface area contributed by atoms with E-state index in [1.54, 1.807) is 41.2 Å². The van der Waals surface area contributed by atoms with E-state index in [0.29, 0.717) is 47.0 Å². The zero-order valence-corrected chi connectivity index (χ0v) is 19.5. The van der Waals surface area contributed by atoms with Gasteiger partial charge >= 0.3 is 0 Å². The van der Waals surface area contributed by atoms with Gasteiger partial charge in [-0.1, -0.05) is 6.07 Å². The number of benzene rings is 1. The number of rotatable bonds is 5. The number of furan rings is 1. The number of hydrogen-bond donors (Lipinski definition) is 2. The number of anilines is 1. The molecule has 2 aromatic heterocycles. The van der Waals surface area contributed by atoms with Crippen LogP contribution in [-0.2, 0) is 21.7 Å². The van der Waals surface area contributed by atoms with Crippen molar-refractivity contribution in [2.75, 3.05) is 25.2 Å². The Balaban J connectivity index is 1.35. The highest BCUT2D eigenvalue weighted by Crippen LogP contribution is 2.35. The van der Waals surface area contributed by atoms with Crippen molar-refractivity contribution >= 4 is 34.6 Å². The molecule has 5 heterocycles. The molecule has 6 rings (SSSR count). The molecule has 0 aliphatic carbocycles. The van der Waals surface area contributed by atoms with E-state index >= 15 is 0 Å². The summed E-state index contributed by atoms with van der Waals surface area (Å²) in [5.41, 5.74) is 1.23. The third-order valence-electron chi connectivity index (χ3n) is 7.16. The normalized spacial score (nSPS) is 23.9. The van der Waals surface area contributed by atoms with Gasteiger partial charge in [0.15, 0.2) is 11.1 Å². The maximum absolute atomic E-state index is 13.2. The van der Waals surface area contributed by atoms with Crippen LogP contribution in [0.3, 0.4) is 0 Å². The molecule has 1 aromatic carbocycles. The number of hydrogen-bond acceptors (Lipinski definition) is 7. The Morgan fingerprint density at radius 1 is 1.20 bits per heavy atom. The minimum absolute atomic E-state index is 0.0464. The Labute approximate surface area is 201 Å². The lowest BCUT2D eigenvalue weighted by atomic mass is 9.95. The Kier molecular flexibility index (Phi) is 4.82. The van der Waals surface area contributed by atoms with Gasteiger partial charge in [0, 0.05) is 30.6 Å². The fraction of sp³-hybridized carbons (Fsp3) is 0.360. The smallest absolute Gasteiger partial charge is 0.254 e. The molecule has 3 aliphatic rings. The molecule has 10 heteroatoms. The molecule has 2 fully saturated rings. The van der Waals surface area contributed by atoms with Crippen LogP contribution in [0.15, 0.2) is 40.8 Å². The first-order valence-electron chi connectivity index (χ1n) is 11.6. The number of carbonyl (C=O) groups is 3. The standard InChI is InChI=1S/C25H25N5O5/c1-14-3-8-22(31)30(14)21-7-6-19-18(28-21)10-20(35-19)25(24(33)26-13-27-25)12-29-11-15-4-5-16(34-2)9-17(15)23(29)32/h4-7,9-10,14,27H,3,8,11-13H2,1-2H3,(H,26,33). The summed E-state index contributed by atoms with van der Waals surface area (Å²) in [6.45, 7) is 2.71. The van der Waals surface area contributed by atoms with E-state index in [0.717, 1.165) is 12.0 Å². The highest BCUT2D eigenvalue weighted by Gasteiger charge is 2.50. The number of methoxy groups -OCH3 is 1. The van der Waals surface area contributed by atoms with Crippen molar-refractivity contribution < 1.29 is 23.5 Å². The molecule has 2 N–H and O–H groups in total. The summed E-state index contributed by atoms with van der Waals surface area (Å²) in [4.78, 5) is 46.7. The molecule has 3 aliphatic heterocycles. The highest BCUT2D eigenvalue weighted by molar-refractivity contribution is 6.00. The van der Waals surface area contributed by atoms with E-state index in [-0.39, 0.29) is 37.0 Å². The summed E-state index contributed by atoms with van der Waals surface area (Å²) < 4.78 is 11.4. The van der Waals surface area contributed by atoms with E-state index in [1.807, 2.05) is 19.1 Å². The van der Waals surface area contributed by atoms with Crippen molar-refractivity contribution in [1.82, 2.24) is 20.5 Å². The Morgan fingerprint density at radius 2 is 2.06 bits per heavy atom. The number of nitrogens with zero attached hydrogens (tertiary/aromatic N) is 3. The molecule has 10 nitrogen and oxygen atoms in total. The van der Waals surface area contributed by atoms with Crippen LogP contribution >= 0.6 is 0 Å². The second-order valence-electron chi connectivity index (χ2n) is 9.26. The number of aromatic nitrogens is 1. The largest absolute Gasteiger partial charge is 0.497 e. The van der Waals surface area contributed by atoms with Gasteiger partial charge < -0.3 is 19.4 Å². The molecule has 35 heavy (non-hydrogen) atoms. The first-order chi connectivity index (χ1) is 16.9. The van der Waals surface area contributed by atoms with Gasteiger partial charge in [0.25, 0.3) is 11.8 Å². The van der Waals surface area contributed by atoms with Gasteiger partial charge in [-0.15, -0.1) is 0 Å². The lowest BCUT2D eigenvalue weighted by molar-refractivity contribution is -0.125. The molecule has 0 spiro atoms. The van der Waals surface area contributed by atoms with Crippen LogP contribution in [0.25, 0.3) is 11.1 Å². The fourth-order valence-electron chi connectivity index (χ4n) is 5.23. The summed E-state index contributed by atoms with van der Waals surface area (Å²) in [6, 6.07) is 10.7. The molecular weight excluding hydrogens is 450 g/mol. The van der Waals surface area contributed by atoms with E-state index in [2.05, 4.69) is 15.6 Å². The Hall–Kier alpha value is -3.92. The second kappa shape index (κ2) is 7.81. The van der Waals surface area contributed by atoms with Gasteiger partial charge in [-0.3, -0.25) is 24.6 Å². The number of nitrogens with one attached hydrogen (secondary N) is 2. The van der Waals surface area contributed by atoms with Gasteiger partial charge in [0.05, 0.1) is 20.3 Å². The maximum atomic E-state index is 13.2. The van der Waals surface area contributed by atoms with E-state index < -0.39 is 5.54 Å². The van der Waals surface area contributed by atoms with E-state index in [9.17, 15) is 14.4 Å². The second-order valence-corrected chi connectivity index (χ2v) is 9.26. The summed E-state index contributed by atoms with van der Waals surface area (Å²) in [6.07, 6.45) is 1.30. The van der Waals surface area contributed by atoms with Gasteiger partial charge in [-0.2, -0.15) is 0 Å². The van der Waals surface area contributed by atoms with Crippen LogP contribution in [0.5, 0.6) is 5.75 Å². The lowest BCUT2D eigenvalue weighted by Crippen LogP contribution is -2.52. The van der Waals surface area contributed by atoms with Gasteiger partial charge in [0.2, 0.25) is 5.91 Å². The van der Waals surface area contributed by atoms with Crippen molar-refractivity contribution in [2.45, 2.75) is 37.9 Å². The molecule has 2 unspecified atom stereocenters. The minimum atomic E-state index is -1.26. The summed E-state index contributed by atoms with van der Waals surface area (Å²) in [5, 5.41) is 6.02. The van der Waals surface area contributed by atoms with Crippen LogP contribution in [0.1, 0.15) is 41.4 Å². The molecule has 0 bridgehead atoms. The highest BCUT2D eigenvalue weighted by atomic mass is 16.5. The molecule has 2 atom stereocenters. The predicted molar refractivity (Wildman–Crippen MR) is 126 cm³/mol. The third kappa shape index (κ3) is 3.28. The molecule has 0 saturated carbocycles. The number of fused-ring (bicyclic) bond motifs is 2. The number of pyridine rings is 1. The van der Waals surface area contributed by atoms with Crippen LogP contribution < -0.4 is 20.3 Å². The van der Waals surface area contributed by atoms with E-state index in [4.69, 9.17) is 9.15 Å². The quantitative estimate of drug-likeness (QED) is 0.579. The van der Waals surface area contributed by atoms with Gasteiger partial charge in [-0.25, -0.2) is 4.98 Å². The molecule has 3 aromatic rings. The maximum Gasteiger partial charge on any atom is 0.254 e. The molecular formula is C25H25N5O5. The fourth-order valence-corrected chi connectivity index (χ4v) is 5.23. The minimum Gasteiger partial charge on any atom is -0.497 e. The lowest BCUT2D eigenvalue weighted by Gasteiger charge is -2.29. The monoisotopic (exact) mass is 475 g/mol. The summed E-state index contributed by atoms with van der Waals surface area (Å²) in [5.74, 6) is 1.14. The van der Waals surface area contributed by atoms with Crippen molar-refractivity contribution in [3.05, 3.63) is 53.3 Å². The number of carbonyl (C=O) groups excluding carboxylic acids is 3. The molecule has 2 saturated heterocycles. The van der Waals surface area contributed by atoms with Crippen molar-refractivity contribution in [1.29, 1.82) is 0 Å². The first kappa shape index (κ1) is 21.6. The molecule has 0 radical (unpaired) electrons. The van der Waals surface area contributed by atoms with Crippen LogP contribution in [-0.4, -0.2) is 54.0 Å². The average molecular weight is 476 g/mol. The topological polar surface area (TPSA) is 117 Å². The van der Waals surface area contributed by atoms with Crippen LogP contribution in [0.4, 0.5) is 5.82 Å². The van der Waals surface area contributed by atoms with E-state index in [1.165, 1.54) is 0 Å². The SMILES string of the molecule is COc1ccc2c(c1)C(=O)N(CC1(c3cc4nc(N5C(=O)CCC5C)ccc4o3)NCNC1=O)C2. The average Bonchev–Trinajstić information content (AvgIpc) is 3.60. The number of amides is 3. The van der Waals surface area contributed by atoms with Crippen molar-refractivity contribution in [2.24, 2.45) is 0 Å². The summed E-state index contributed by atoms with van der Waals surface area (Å²) >= 11 is 0. The summed E-state index contributed by atoms with van der Waals surface area (Å²) in [7, 11) is 1.56. The Bertz CT molecular complexity index is 1380. The zero-order valence-electron chi connectivity index (χ0n) is 19.5. The Morgan fingerprint density at radius 3 is 2.77 bits per heavy atom. The third-order valence-corrected chi connectivity index (χ3v) is 7.16. The van der Waals surface area contributed by atoms with Crippen molar-refractivity contribution in [3.63, 3.8) is 0 Å². The van der Waals surface area contributed by atoms with Gasteiger partial charge in [-0.05, 0) is 43.2 Å². The van der Waals surface area contributed by atoms with Crippen LogP contribution in [0.2, 0.25) is 0 Å². The van der Waals surface area contributed by atoms with Gasteiger partial charge in [0.1, 0.15) is 22.8 Å². The predicted octanol–water partition coefficient (Wildman–Crippen LogP) is 1.88. The van der Waals surface area contributed by atoms with Crippen molar-refractivity contribution in [3.8, 4) is 5.75 Å².